The largest absolute Gasteiger partial charge is 0.297 e. The van der Waals surface area contributed by atoms with Crippen molar-refractivity contribution in [2.75, 3.05) is 0 Å². The highest BCUT2D eigenvalue weighted by atomic mass is 35.5. The summed E-state index contributed by atoms with van der Waals surface area (Å²) in [5.41, 5.74) is 5.26. The highest BCUT2D eigenvalue weighted by Crippen LogP contribution is 2.27. The quantitative estimate of drug-likeness (QED) is 0.592. The molecule has 0 spiro atoms. The monoisotopic (exact) mass is 408 g/mol. The van der Waals surface area contributed by atoms with Crippen LogP contribution in [0.1, 0.15) is 27.9 Å². The SMILES string of the molecule is Cc1ccc(C2=NC(Cc3ccccc3Cl)C(=O)Cc3ccc(Cl)cc32)cn1. The first-order valence-corrected chi connectivity index (χ1v) is 9.82. The molecule has 5 heteroatoms. The maximum absolute atomic E-state index is 13.0. The zero-order valence-corrected chi connectivity index (χ0v) is 16.8. The predicted octanol–water partition coefficient (Wildman–Crippen LogP) is 5.27. The van der Waals surface area contributed by atoms with Crippen molar-refractivity contribution in [3.63, 3.8) is 0 Å². The fraction of sp³-hybridized carbons (Fsp3) is 0.174. The van der Waals surface area contributed by atoms with Crippen LogP contribution in [0.25, 0.3) is 0 Å². The third-order valence-corrected chi connectivity index (χ3v) is 5.51. The summed E-state index contributed by atoms with van der Waals surface area (Å²) in [4.78, 5) is 22.3. The minimum atomic E-state index is -0.512. The number of hydrogen-bond donors (Lipinski definition) is 0. The summed E-state index contributed by atoms with van der Waals surface area (Å²) in [5, 5.41) is 1.26. The minimum absolute atomic E-state index is 0.0681. The summed E-state index contributed by atoms with van der Waals surface area (Å²) in [6.07, 6.45) is 2.57. The first kappa shape index (κ1) is 18.9. The van der Waals surface area contributed by atoms with Gasteiger partial charge in [-0.2, -0.15) is 0 Å². The number of rotatable bonds is 3. The van der Waals surface area contributed by atoms with Gasteiger partial charge in [0, 0.05) is 45.9 Å². The second-order valence-corrected chi connectivity index (χ2v) is 7.77. The number of hydrogen-bond acceptors (Lipinski definition) is 3. The van der Waals surface area contributed by atoms with Crippen molar-refractivity contribution in [2.45, 2.75) is 25.8 Å². The fourth-order valence-electron chi connectivity index (χ4n) is 3.40. The second-order valence-electron chi connectivity index (χ2n) is 6.92. The summed E-state index contributed by atoms with van der Waals surface area (Å²) in [6.45, 7) is 1.94. The van der Waals surface area contributed by atoms with Crippen LogP contribution in [0.2, 0.25) is 10.0 Å². The first-order chi connectivity index (χ1) is 13.5. The van der Waals surface area contributed by atoms with Crippen LogP contribution in [0.3, 0.4) is 0 Å². The standard InChI is InChI=1S/C23H18Cl2N2O/c1-14-6-7-17(13-26-14)23-19-12-18(24)9-8-15(19)11-22(28)21(27-23)10-16-4-2-3-5-20(16)25/h2-9,12-13,21H,10-11H2,1H3. The Morgan fingerprint density at radius 3 is 2.64 bits per heavy atom. The van der Waals surface area contributed by atoms with E-state index < -0.39 is 6.04 Å². The number of fused-ring (bicyclic) bond motifs is 1. The Morgan fingerprint density at radius 1 is 1.07 bits per heavy atom. The topological polar surface area (TPSA) is 42.3 Å². The molecule has 3 nitrogen and oxygen atoms in total. The molecule has 3 aromatic rings. The van der Waals surface area contributed by atoms with Gasteiger partial charge in [0.2, 0.25) is 0 Å². The van der Waals surface area contributed by atoms with Gasteiger partial charge in [0.05, 0.1) is 5.71 Å². The van der Waals surface area contributed by atoms with E-state index in [4.69, 9.17) is 28.2 Å². The summed E-state index contributed by atoms with van der Waals surface area (Å²) in [6, 6.07) is 16.6. The van der Waals surface area contributed by atoms with Crippen LogP contribution in [-0.4, -0.2) is 22.5 Å². The molecule has 0 bridgehead atoms. The number of benzene rings is 2. The van der Waals surface area contributed by atoms with Crippen LogP contribution in [-0.2, 0) is 17.6 Å². The molecule has 0 fully saturated rings. The van der Waals surface area contributed by atoms with Gasteiger partial charge in [-0.3, -0.25) is 14.8 Å². The van der Waals surface area contributed by atoms with Crippen LogP contribution >= 0.6 is 23.2 Å². The Morgan fingerprint density at radius 2 is 1.89 bits per heavy atom. The maximum Gasteiger partial charge on any atom is 0.162 e. The average Bonchev–Trinajstić information content (AvgIpc) is 2.81. The normalized spacial score (nSPS) is 16.3. The number of Topliss-reactive ketones (excluding diaryl/α,β-unsaturated/α-hetero) is 1. The van der Waals surface area contributed by atoms with Crippen molar-refractivity contribution >= 4 is 34.7 Å². The number of pyridine rings is 1. The van der Waals surface area contributed by atoms with Gasteiger partial charge in [-0.05, 0) is 48.4 Å². The molecule has 0 saturated heterocycles. The lowest BCUT2D eigenvalue weighted by Gasteiger charge is -2.13. The number of nitrogens with zero attached hydrogens (tertiary/aromatic N) is 2. The molecule has 1 unspecified atom stereocenters. The lowest BCUT2D eigenvalue weighted by molar-refractivity contribution is -0.119. The molecule has 1 aromatic heterocycles. The molecule has 1 atom stereocenters. The maximum atomic E-state index is 13.0. The van der Waals surface area contributed by atoms with Crippen molar-refractivity contribution in [3.05, 3.63) is 98.8 Å². The molecule has 140 valence electrons. The summed E-state index contributed by atoms with van der Waals surface area (Å²) in [5.74, 6) is 0.0681. The molecule has 1 aliphatic rings. The Kier molecular flexibility index (Phi) is 5.29. The number of halogens is 2. The second kappa shape index (κ2) is 7.86. The van der Waals surface area contributed by atoms with Crippen LogP contribution in [0, 0.1) is 6.92 Å². The first-order valence-electron chi connectivity index (χ1n) is 9.07. The van der Waals surface area contributed by atoms with Crippen LogP contribution in [0.5, 0.6) is 0 Å². The summed E-state index contributed by atoms with van der Waals surface area (Å²) in [7, 11) is 0. The lowest BCUT2D eigenvalue weighted by atomic mass is 9.95. The predicted molar refractivity (Wildman–Crippen MR) is 114 cm³/mol. The average molecular weight is 409 g/mol. The third-order valence-electron chi connectivity index (χ3n) is 4.90. The van der Waals surface area contributed by atoms with Gasteiger partial charge in [0.15, 0.2) is 5.78 Å². The highest BCUT2D eigenvalue weighted by molar-refractivity contribution is 6.32. The zero-order valence-electron chi connectivity index (χ0n) is 15.3. The molecule has 28 heavy (non-hydrogen) atoms. The van der Waals surface area contributed by atoms with Crippen molar-refractivity contribution < 1.29 is 4.79 Å². The molecule has 4 rings (SSSR count). The van der Waals surface area contributed by atoms with Crippen molar-refractivity contribution in [1.82, 2.24) is 4.98 Å². The molecule has 0 saturated carbocycles. The van der Waals surface area contributed by atoms with E-state index in [0.717, 1.165) is 33.7 Å². The molecule has 0 N–H and O–H groups in total. The number of carbonyl (C=O) groups is 1. The molecule has 1 aliphatic heterocycles. The zero-order chi connectivity index (χ0) is 19.7. The van der Waals surface area contributed by atoms with Gasteiger partial charge in [0.25, 0.3) is 0 Å². The fourth-order valence-corrected chi connectivity index (χ4v) is 3.78. The van der Waals surface area contributed by atoms with Crippen LogP contribution in [0.15, 0.2) is 65.8 Å². The van der Waals surface area contributed by atoms with E-state index in [9.17, 15) is 4.79 Å². The van der Waals surface area contributed by atoms with Gasteiger partial charge >= 0.3 is 0 Å². The van der Waals surface area contributed by atoms with Gasteiger partial charge in [-0.15, -0.1) is 0 Å². The van der Waals surface area contributed by atoms with Crippen LogP contribution in [0.4, 0.5) is 0 Å². The Labute approximate surface area is 174 Å². The Balaban J connectivity index is 1.84. The number of aliphatic imine (C=N–C) groups is 1. The molecule has 2 heterocycles. The minimum Gasteiger partial charge on any atom is -0.297 e. The lowest BCUT2D eigenvalue weighted by Crippen LogP contribution is -2.23. The number of aromatic nitrogens is 1. The van der Waals surface area contributed by atoms with E-state index >= 15 is 0 Å². The van der Waals surface area contributed by atoms with E-state index in [0.29, 0.717) is 22.9 Å². The molecule has 0 radical (unpaired) electrons. The molecule has 0 amide bonds. The smallest absolute Gasteiger partial charge is 0.162 e. The summed E-state index contributed by atoms with van der Waals surface area (Å²) >= 11 is 12.6. The van der Waals surface area contributed by atoms with Crippen molar-refractivity contribution in [1.29, 1.82) is 0 Å². The van der Waals surface area contributed by atoms with Crippen LogP contribution < -0.4 is 0 Å². The third kappa shape index (κ3) is 3.87. The van der Waals surface area contributed by atoms with E-state index in [2.05, 4.69) is 4.98 Å². The number of aryl methyl sites for hydroxylation is 1. The van der Waals surface area contributed by atoms with Crippen molar-refractivity contribution in [3.8, 4) is 0 Å². The van der Waals surface area contributed by atoms with E-state index in [1.165, 1.54) is 0 Å². The summed E-state index contributed by atoms with van der Waals surface area (Å²) < 4.78 is 0. The van der Waals surface area contributed by atoms with Gasteiger partial charge in [-0.1, -0.05) is 47.5 Å². The molecule has 2 aromatic carbocycles. The van der Waals surface area contributed by atoms with E-state index in [1.807, 2.05) is 61.5 Å². The molecular formula is C23H18Cl2N2O. The van der Waals surface area contributed by atoms with E-state index in [1.54, 1.807) is 6.20 Å². The van der Waals surface area contributed by atoms with Gasteiger partial charge in [0.1, 0.15) is 6.04 Å². The van der Waals surface area contributed by atoms with Gasteiger partial charge in [-0.25, -0.2) is 0 Å². The van der Waals surface area contributed by atoms with Crippen molar-refractivity contribution in [2.24, 2.45) is 4.99 Å². The van der Waals surface area contributed by atoms with E-state index in [-0.39, 0.29) is 5.78 Å². The highest BCUT2D eigenvalue weighted by Gasteiger charge is 2.27. The Bertz CT molecular complexity index is 1070. The molecule has 0 aliphatic carbocycles. The number of ketones is 1. The molecular weight excluding hydrogens is 391 g/mol. The Hall–Kier alpha value is -2.49. The number of carbonyl (C=O) groups excluding carboxylic acids is 1. The van der Waals surface area contributed by atoms with Gasteiger partial charge < -0.3 is 0 Å².